The molecule has 162 valence electrons. The number of nitrogens with zero attached hydrogens (tertiary/aromatic N) is 5. The number of benzene rings is 1. The van der Waals surface area contributed by atoms with Crippen LogP contribution in [0.4, 0.5) is 21.8 Å². The van der Waals surface area contributed by atoms with E-state index < -0.39 is 12.7 Å². The summed E-state index contributed by atoms with van der Waals surface area (Å²) in [5.74, 6) is -0.151. The minimum atomic E-state index is -0.724. The van der Waals surface area contributed by atoms with Crippen molar-refractivity contribution in [1.82, 2.24) is 25.0 Å². The van der Waals surface area contributed by atoms with Crippen molar-refractivity contribution in [2.24, 2.45) is 5.73 Å². The molecular weight excluding hydrogens is 434 g/mol. The number of anilines is 3. The quantitative estimate of drug-likeness (QED) is 0.517. The summed E-state index contributed by atoms with van der Waals surface area (Å²) < 4.78 is 14.2. The predicted octanol–water partition coefficient (Wildman–Crippen LogP) is 3.58. The number of primary amides is 1. The van der Waals surface area contributed by atoms with Crippen molar-refractivity contribution >= 4 is 59.1 Å². The lowest BCUT2D eigenvalue weighted by Crippen LogP contribution is -2.25. The Morgan fingerprint density at radius 1 is 1.20 bits per heavy atom. The number of halogens is 3. The fourth-order valence-corrected chi connectivity index (χ4v) is 3.47. The first-order valence-electron chi connectivity index (χ1n) is 9.23. The molecule has 1 aliphatic rings. The van der Waals surface area contributed by atoms with Crippen LogP contribution in [0.3, 0.4) is 0 Å². The fourth-order valence-electron chi connectivity index (χ4n) is 3.47. The normalized spacial score (nSPS) is 13.9. The number of aromatic nitrogens is 5. The van der Waals surface area contributed by atoms with Crippen LogP contribution in [-0.2, 0) is 6.80 Å². The Labute approximate surface area is 184 Å². The van der Waals surface area contributed by atoms with E-state index in [2.05, 4.69) is 30.9 Å². The monoisotopic (exact) mass is 456 g/mol. The number of nitrogens with two attached hydrogens (primary N) is 1. The molecule has 0 unspecified atom stereocenters. The third-order valence-electron chi connectivity index (χ3n) is 4.88. The second-order valence-electron chi connectivity index (χ2n) is 6.84. The van der Waals surface area contributed by atoms with Crippen molar-refractivity contribution in [2.45, 2.75) is 44.9 Å². The van der Waals surface area contributed by atoms with Gasteiger partial charge < -0.3 is 16.4 Å². The summed E-state index contributed by atoms with van der Waals surface area (Å²) in [5.41, 5.74) is 6.69. The molecule has 4 rings (SSSR count). The lowest BCUT2D eigenvalue weighted by atomic mass is 9.96. The van der Waals surface area contributed by atoms with Crippen molar-refractivity contribution in [2.75, 3.05) is 10.6 Å². The highest BCUT2D eigenvalue weighted by molar-refractivity contribution is 5.96. The van der Waals surface area contributed by atoms with E-state index in [4.69, 9.17) is 5.73 Å². The number of rotatable bonds is 6. The van der Waals surface area contributed by atoms with Gasteiger partial charge in [-0.15, -0.1) is 35.0 Å². The lowest BCUT2D eigenvalue weighted by molar-refractivity contribution is 0.0995. The van der Waals surface area contributed by atoms with E-state index >= 15 is 0 Å². The molecule has 0 aliphatic heterocycles. The van der Waals surface area contributed by atoms with Crippen LogP contribution in [0.15, 0.2) is 24.4 Å². The highest BCUT2D eigenvalue weighted by Gasteiger charge is 2.18. The molecule has 4 N–H and O–H groups in total. The maximum absolute atomic E-state index is 12.9. The van der Waals surface area contributed by atoms with Crippen molar-refractivity contribution in [3.8, 4) is 0 Å². The third kappa shape index (κ3) is 5.06. The van der Waals surface area contributed by atoms with Crippen LogP contribution in [0, 0.1) is 0 Å². The van der Waals surface area contributed by atoms with E-state index in [-0.39, 0.29) is 36.3 Å². The first-order chi connectivity index (χ1) is 13.6. The van der Waals surface area contributed by atoms with Gasteiger partial charge in [0.05, 0.1) is 11.7 Å². The summed E-state index contributed by atoms with van der Waals surface area (Å²) in [4.78, 5) is 16.1. The molecule has 0 saturated heterocycles. The van der Waals surface area contributed by atoms with Gasteiger partial charge in [-0.3, -0.25) is 4.79 Å². The Hall–Kier alpha value is -2.72. The van der Waals surface area contributed by atoms with Crippen LogP contribution >= 0.6 is 24.8 Å². The Morgan fingerprint density at radius 2 is 1.97 bits per heavy atom. The Balaban J connectivity index is 0.00000160. The van der Waals surface area contributed by atoms with Crippen molar-refractivity contribution in [3.05, 3.63) is 30.1 Å². The minimum Gasteiger partial charge on any atom is -0.364 e. The van der Waals surface area contributed by atoms with Gasteiger partial charge >= 0.3 is 0 Å². The third-order valence-corrected chi connectivity index (χ3v) is 4.88. The average molecular weight is 457 g/mol. The summed E-state index contributed by atoms with van der Waals surface area (Å²) in [6.45, 7) is -0.700. The Kier molecular flexibility index (Phi) is 8.13. The van der Waals surface area contributed by atoms with Crippen molar-refractivity contribution < 1.29 is 9.18 Å². The Bertz CT molecular complexity index is 1010. The van der Waals surface area contributed by atoms with E-state index in [9.17, 15) is 9.18 Å². The fraction of sp³-hybridized carbons (Fsp3) is 0.389. The summed E-state index contributed by atoms with van der Waals surface area (Å²) in [6, 6.07) is 5.57. The van der Waals surface area contributed by atoms with Crippen LogP contribution in [0.25, 0.3) is 10.9 Å². The van der Waals surface area contributed by atoms with Crippen LogP contribution in [0.2, 0.25) is 0 Å². The number of fused-ring (bicyclic) bond motifs is 1. The molecule has 9 nitrogen and oxygen atoms in total. The van der Waals surface area contributed by atoms with Gasteiger partial charge in [0, 0.05) is 17.1 Å². The molecule has 12 heteroatoms. The lowest BCUT2D eigenvalue weighted by Gasteiger charge is -2.22. The number of amides is 1. The molecule has 2 aromatic heterocycles. The topological polar surface area (TPSA) is 124 Å². The van der Waals surface area contributed by atoms with E-state index in [0.29, 0.717) is 23.2 Å². The second-order valence-corrected chi connectivity index (χ2v) is 6.84. The molecular formula is C18H23Cl2FN8O. The molecule has 1 fully saturated rings. The molecule has 1 aromatic carbocycles. The summed E-state index contributed by atoms with van der Waals surface area (Å²) in [5, 5.41) is 19.0. The highest BCUT2D eigenvalue weighted by Crippen LogP contribution is 2.24. The smallest absolute Gasteiger partial charge is 0.273 e. The predicted molar refractivity (Wildman–Crippen MR) is 117 cm³/mol. The number of nitrogens with one attached hydrogen (secondary N) is 2. The molecule has 0 atom stereocenters. The van der Waals surface area contributed by atoms with E-state index in [0.717, 1.165) is 18.2 Å². The number of carbonyl (C=O) groups excluding carboxylic acids is 1. The van der Waals surface area contributed by atoms with Gasteiger partial charge in [-0.2, -0.15) is 10.1 Å². The van der Waals surface area contributed by atoms with Gasteiger partial charge in [-0.25, -0.2) is 9.07 Å². The second kappa shape index (κ2) is 10.4. The molecule has 30 heavy (non-hydrogen) atoms. The zero-order valence-corrected chi connectivity index (χ0v) is 17.7. The van der Waals surface area contributed by atoms with E-state index in [1.807, 2.05) is 0 Å². The van der Waals surface area contributed by atoms with Crippen molar-refractivity contribution in [1.29, 1.82) is 0 Å². The maximum atomic E-state index is 12.9. The highest BCUT2D eigenvalue weighted by atomic mass is 35.5. The van der Waals surface area contributed by atoms with Crippen LogP contribution in [0.1, 0.15) is 42.6 Å². The molecule has 1 aliphatic carbocycles. The number of hydrogen-bond donors (Lipinski definition) is 3. The molecule has 1 saturated carbocycles. The molecule has 2 heterocycles. The standard InChI is InChI=1S/C18H21FN8O.2ClH/c19-10-27-14-7-6-13(8-11(14)9-21-27)22-17-15(16(20)28)25-26-18(24-17)23-12-4-2-1-3-5-12;;/h6-9,12H,1-5,10H2,(H2,20,28)(H2,22,23,24,26);2*1H. The van der Waals surface area contributed by atoms with Crippen LogP contribution in [0.5, 0.6) is 0 Å². The van der Waals surface area contributed by atoms with Crippen LogP contribution in [-0.4, -0.2) is 36.9 Å². The molecule has 1 amide bonds. The first-order valence-corrected chi connectivity index (χ1v) is 9.23. The molecule has 0 spiro atoms. The number of carbonyl (C=O) groups is 1. The van der Waals surface area contributed by atoms with Gasteiger partial charge in [0.15, 0.2) is 18.3 Å². The van der Waals surface area contributed by atoms with Crippen LogP contribution < -0.4 is 16.4 Å². The van der Waals surface area contributed by atoms with E-state index in [1.165, 1.54) is 23.9 Å². The van der Waals surface area contributed by atoms with Gasteiger partial charge in [0.25, 0.3) is 5.91 Å². The Morgan fingerprint density at radius 3 is 2.67 bits per heavy atom. The minimum absolute atomic E-state index is 0. The maximum Gasteiger partial charge on any atom is 0.273 e. The zero-order chi connectivity index (χ0) is 19.5. The zero-order valence-electron chi connectivity index (χ0n) is 16.0. The van der Waals surface area contributed by atoms with Gasteiger partial charge in [0.2, 0.25) is 5.95 Å². The summed E-state index contributed by atoms with van der Waals surface area (Å²) >= 11 is 0. The molecule has 3 aromatic rings. The number of alkyl halides is 1. The summed E-state index contributed by atoms with van der Waals surface area (Å²) in [7, 11) is 0. The van der Waals surface area contributed by atoms with Gasteiger partial charge in [-0.05, 0) is 31.0 Å². The van der Waals surface area contributed by atoms with Crippen molar-refractivity contribution in [3.63, 3.8) is 0 Å². The first kappa shape index (κ1) is 23.6. The van der Waals surface area contributed by atoms with Gasteiger partial charge in [0.1, 0.15) is 0 Å². The molecule has 0 bridgehead atoms. The molecule has 0 radical (unpaired) electrons. The average Bonchev–Trinajstić information content (AvgIpc) is 3.11. The largest absolute Gasteiger partial charge is 0.364 e. The number of hydrogen-bond acceptors (Lipinski definition) is 7. The van der Waals surface area contributed by atoms with Gasteiger partial charge in [-0.1, -0.05) is 19.3 Å². The SMILES string of the molecule is Cl.Cl.NC(=O)c1nnc(NC2CCCCC2)nc1Nc1ccc2c(cnn2CF)c1. The van der Waals surface area contributed by atoms with E-state index in [1.54, 1.807) is 24.4 Å². The summed E-state index contributed by atoms with van der Waals surface area (Å²) in [6.07, 6.45) is 7.26.